The molecular weight excluding hydrogens is 258 g/mol. The molecule has 0 unspecified atom stereocenters. The van der Waals surface area contributed by atoms with Gasteiger partial charge in [0.15, 0.2) is 0 Å². The molecule has 20 heavy (non-hydrogen) atoms. The van der Waals surface area contributed by atoms with Crippen LogP contribution in [0.25, 0.3) is 0 Å². The highest BCUT2D eigenvalue weighted by molar-refractivity contribution is 5.99. The summed E-state index contributed by atoms with van der Waals surface area (Å²) in [5, 5.41) is 13.7. The molecule has 0 spiro atoms. The summed E-state index contributed by atoms with van der Waals surface area (Å²) in [4.78, 5) is 22.6. The first-order valence-electron chi connectivity index (χ1n) is 6.39. The molecule has 1 aliphatic rings. The number of carbonyl (C=O) groups excluding carboxylic acids is 1. The monoisotopic (exact) mass is 275 g/mol. The van der Waals surface area contributed by atoms with Gasteiger partial charge in [-0.15, -0.1) is 0 Å². The third-order valence-corrected chi connectivity index (χ3v) is 3.99. The molecular formula is C14H17N3O3. The Morgan fingerprint density at radius 2 is 2.05 bits per heavy atom. The average Bonchev–Trinajstić information content (AvgIpc) is 2.75. The van der Waals surface area contributed by atoms with Crippen LogP contribution >= 0.6 is 0 Å². The van der Waals surface area contributed by atoms with E-state index in [0.717, 1.165) is 5.56 Å². The van der Waals surface area contributed by atoms with Gasteiger partial charge in [-0.1, -0.05) is 37.3 Å². The van der Waals surface area contributed by atoms with Crippen molar-refractivity contribution >= 4 is 17.7 Å². The quantitative estimate of drug-likeness (QED) is 0.727. The van der Waals surface area contributed by atoms with Crippen LogP contribution in [0.1, 0.15) is 25.3 Å². The van der Waals surface area contributed by atoms with Crippen LogP contribution in [0.2, 0.25) is 0 Å². The Hall–Kier alpha value is -2.37. The van der Waals surface area contributed by atoms with Crippen LogP contribution in [0.3, 0.4) is 0 Å². The van der Waals surface area contributed by atoms with E-state index in [-0.39, 0.29) is 5.92 Å². The van der Waals surface area contributed by atoms with Crippen molar-refractivity contribution in [3.63, 3.8) is 0 Å². The molecule has 0 bridgehead atoms. The molecule has 0 aromatic heterocycles. The van der Waals surface area contributed by atoms with Gasteiger partial charge in [0.05, 0.1) is 0 Å². The Kier molecular flexibility index (Phi) is 3.74. The second-order valence-electron chi connectivity index (χ2n) is 4.94. The molecule has 0 heterocycles. The Balaban J connectivity index is 2.39. The number of aliphatic carboxylic acids is 1. The maximum Gasteiger partial charge on any atom is 0.332 e. The van der Waals surface area contributed by atoms with Crippen molar-refractivity contribution in [2.45, 2.75) is 25.2 Å². The number of nitrogens with one attached hydrogen (secondary N) is 1. The number of carbonyl (C=O) groups is 2. The molecule has 106 valence electrons. The number of urea groups is 1. The summed E-state index contributed by atoms with van der Waals surface area (Å²) in [5.74, 6) is -1.19. The molecule has 1 aromatic rings. The first kappa shape index (κ1) is 14.0. The molecule has 6 heteroatoms. The zero-order valence-corrected chi connectivity index (χ0v) is 11.2. The largest absolute Gasteiger partial charge is 0.481 e. The smallest absolute Gasteiger partial charge is 0.332 e. The van der Waals surface area contributed by atoms with E-state index in [1.165, 1.54) is 0 Å². The van der Waals surface area contributed by atoms with Crippen molar-refractivity contribution in [3.05, 3.63) is 35.9 Å². The maximum absolute atomic E-state index is 11.9. The first-order chi connectivity index (χ1) is 9.48. The predicted molar refractivity (Wildman–Crippen MR) is 74.3 cm³/mol. The molecule has 6 nitrogen and oxygen atoms in total. The Labute approximate surface area is 116 Å². The lowest BCUT2D eigenvalue weighted by Crippen LogP contribution is -2.40. The number of primary amides is 1. The summed E-state index contributed by atoms with van der Waals surface area (Å²) in [7, 11) is 0. The standard InChI is InChI=1S/C14H17N3O3/c1-9-11(16-17-13(15)20)7-8-14(9,12(18)19)10-5-3-2-4-6-10/h2-6,9H,7-8H2,1H3,(H,18,19)(H3,15,17,20)/b16-11+/t9-,14-/m0/s1. The summed E-state index contributed by atoms with van der Waals surface area (Å²) in [6.45, 7) is 1.82. The van der Waals surface area contributed by atoms with Crippen molar-refractivity contribution in [3.8, 4) is 0 Å². The number of benzene rings is 1. The van der Waals surface area contributed by atoms with E-state index in [0.29, 0.717) is 18.6 Å². The molecule has 0 aliphatic heterocycles. The average molecular weight is 275 g/mol. The third-order valence-electron chi connectivity index (χ3n) is 3.99. The number of rotatable bonds is 3. The van der Waals surface area contributed by atoms with Crippen LogP contribution < -0.4 is 11.2 Å². The summed E-state index contributed by atoms with van der Waals surface area (Å²) >= 11 is 0. The zero-order chi connectivity index (χ0) is 14.8. The van der Waals surface area contributed by atoms with Crippen LogP contribution in [0.15, 0.2) is 35.4 Å². The maximum atomic E-state index is 11.9. The van der Waals surface area contributed by atoms with E-state index in [4.69, 9.17) is 5.73 Å². The van der Waals surface area contributed by atoms with Gasteiger partial charge < -0.3 is 10.8 Å². The summed E-state index contributed by atoms with van der Waals surface area (Å²) < 4.78 is 0. The van der Waals surface area contributed by atoms with Crippen LogP contribution in [0.5, 0.6) is 0 Å². The minimum atomic E-state index is -1.00. The number of nitrogens with zero attached hydrogens (tertiary/aromatic N) is 1. The van der Waals surface area contributed by atoms with E-state index < -0.39 is 17.4 Å². The van der Waals surface area contributed by atoms with Crippen molar-refractivity contribution in [2.24, 2.45) is 16.8 Å². The molecule has 1 saturated carbocycles. The van der Waals surface area contributed by atoms with Gasteiger partial charge in [-0.25, -0.2) is 10.2 Å². The lowest BCUT2D eigenvalue weighted by molar-refractivity contribution is -0.144. The molecule has 1 aromatic carbocycles. The summed E-state index contributed by atoms with van der Waals surface area (Å²) in [6, 6.07) is 8.37. The molecule has 0 radical (unpaired) electrons. The molecule has 2 rings (SSSR count). The number of carboxylic acids is 1. The van der Waals surface area contributed by atoms with Crippen molar-refractivity contribution < 1.29 is 14.7 Å². The van der Waals surface area contributed by atoms with Crippen molar-refractivity contribution in [2.75, 3.05) is 0 Å². The fourth-order valence-corrected chi connectivity index (χ4v) is 2.87. The Bertz CT molecular complexity index is 556. The minimum Gasteiger partial charge on any atom is -0.481 e. The highest BCUT2D eigenvalue weighted by atomic mass is 16.4. The van der Waals surface area contributed by atoms with E-state index in [1.54, 1.807) is 0 Å². The number of amides is 2. The van der Waals surface area contributed by atoms with Crippen LogP contribution in [-0.2, 0) is 10.2 Å². The molecule has 2 amide bonds. The van der Waals surface area contributed by atoms with E-state index >= 15 is 0 Å². The summed E-state index contributed by atoms with van der Waals surface area (Å²) in [6.07, 6.45) is 0.968. The van der Waals surface area contributed by atoms with E-state index in [2.05, 4.69) is 10.5 Å². The van der Waals surface area contributed by atoms with Gasteiger partial charge in [-0.2, -0.15) is 5.10 Å². The number of hydrogen-bond acceptors (Lipinski definition) is 3. The molecule has 4 N–H and O–H groups in total. The number of hydrogen-bond donors (Lipinski definition) is 3. The molecule has 0 saturated heterocycles. The van der Waals surface area contributed by atoms with Gasteiger partial charge in [-0.05, 0) is 18.4 Å². The number of hydrazone groups is 1. The number of carboxylic acid groups (broad SMARTS) is 1. The second-order valence-corrected chi connectivity index (χ2v) is 4.94. The third kappa shape index (κ3) is 2.24. The zero-order valence-electron chi connectivity index (χ0n) is 11.2. The van der Waals surface area contributed by atoms with Gasteiger partial charge in [0.25, 0.3) is 0 Å². The Morgan fingerprint density at radius 3 is 2.60 bits per heavy atom. The normalized spacial score (nSPS) is 27.4. The highest BCUT2D eigenvalue weighted by Crippen LogP contribution is 2.44. The fourth-order valence-electron chi connectivity index (χ4n) is 2.87. The lowest BCUT2D eigenvalue weighted by Gasteiger charge is -2.29. The van der Waals surface area contributed by atoms with E-state index in [9.17, 15) is 14.7 Å². The van der Waals surface area contributed by atoms with E-state index in [1.807, 2.05) is 37.3 Å². The van der Waals surface area contributed by atoms with Crippen LogP contribution in [-0.4, -0.2) is 22.8 Å². The lowest BCUT2D eigenvalue weighted by atomic mass is 9.73. The van der Waals surface area contributed by atoms with Gasteiger partial charge in [0.1, 0.15) is 5.41 Å². The van der Waals surface area contributed by atoms with Gasteiger partial charge in [0, 0.05) is 11.6 Å². The van der Waals surface area contributed by atoms with Crippen LogP contribution in [0, 0.1) is 5.92 Å². The highest BCUT2D eigenvalue weighted by Gasteiger charge is 2.51. The van der Waals surface area contributed by atoms with Crippen molar-refractivity contribution in [1.29, 1.82) is 0 Å². The van der Waals surface area contributed by atoms with Gasteiger partial charge in [0.2, 0.25) is 0 Å². The minimum absolute atomic E-state index is 0.311. The molecule has 1 fully saturated rings. The fraction of sp³-hybridized carbons (Fsp3) is 0.357. The second kappa shape index (κ2) is 5.32. The SMILES string of the molecule is C[C@H]1/C(=N/NC(N)=O)CC[C@@]1(C(=O)O)c1ccccc1. The molecule has 1 aliphatic carbocycles. The van der Waals surface area contributed by atoms with Gasteiger partial charge in [-0.3, -0.25) is 4.79 Å². The van der Waals surface area contributed by atoms with Crippen molar-refractivity contribution in [1.82, 2.24) is 5.43 Å². The first-order valence-corrected chi connectivity index (χ1v) is 6.39. The predicted octanol–water partition coefficient (Wildman–Crippen LogP) is 1.46. The number of nitrogens with two attached hydrogens (primary N) is 1. The van der Waals surface area contributed by atoms with Crippen LogP contribution in [0.4, 0.5) is 4.79 Å². The Morgan fingerprint density at radius 1 is 1.40 bits per heavy atom. The molecule has 2 atom stereocenters. The summed E-state index contributed by atoms with van der Waals surface area (Å²) in [5.41, 5.74) is 7.56. The topological polar surface area (TPSA) is 105 Å². The van der Waals surface area contributed by atoms with Gasteiger partial charge >= 0.3 is 12.0 Å².